The fourth-order valence-electron chi connectivity index (χ4n) is 1.62. The molecular weight excluding hydrogens is 286 g/mol. The number of rotatable bonds is 4. The van der Waals surface area contributed by atoms with Crippen molar-refractivity contribution in [2.45, 2.75) is 25.5 Å². The zero-order valence-electron chi connectivity index (χ0n) is 10.5. The minimum atomic E-state index is -0.228. The first kappa shape index (κ1) is 14.0. The lowest BCUT2D eigenvalue weighted by molar-refractivity contribution is -0.126. The van der Waals surface area contributed by atoms with Crippen molar-refractivity contribution in [3.63, 3.8) is 0 Å². The lowest BCUT2D eigenvalue weighted by Crippen LogP contribution is -2.33. The van der Waals surface area contributed by atoms with E-state index in [-0.39, 0.29) is 30.0 Å². The molecule has 0 saturated carbocycles. The zero-order chi connectivity index (χ0) is 14.0. The van der Waals surface area contributed by atoms with E-state index in [0.717, 1.165) is 0 Å². The summed E-state index contributed by atoms with van der Waals surface area (Å²) in [7, 11) is 0. The van der Waals surface area contributed by atoms with Crippen LogP contribution in [0.15, 0.2) is 10.6 Å². The third kappa shape index (κ3) is 3.32. The molecule has 19 heavy (non-hydrogen) atoms. The van der Waals surface area contributed by atoms with Crippen LogP contribution >= 0.6 is 24.0 Å². The predicted molar refractivity (Wildman–Crippen MR) is 75.9 cm³/mol. The summed E-state index contributed by atoms with van der Waals surface area (Å²) in [6.07, 6.45) is 0.172. The molecule has 1 atom stereocenters. The molecule has 6 nitrogen and oxygen atoms in total. The Morgan fingerprint density at radius 2 is 2.42 bits per heavy atom. The number of aryl methyl sites for hydroxylation is 1. The van der Waals surface area contributed by atoms with E-state index in [4.69, 9.17) is 16.7 Å². The molecule has 1 aliphatic heterocycles. The van der Waals surface area contributed by atoms with Gasteiger partial charge in [-0.15, -0.1) is 0 Å². The van der Waals surface area contributed by atoms with Gasteiger partial charge in [0.05, 0.1) is 5.25 Å². The summed E-state index contributed by atoms with van der Waals surface area (Å²) in [6, 6.07) is 1.63. The third-order valence-corrected chi connectivity index (χ3v) is 4.06. The van der Waals surface area contributed by atoms with Gasteiger partial charge in [0.15, 0.2) is 5.82 Å². The van der Waals surface area contributed by atoms with Gasteiger partial charge >= 0.3 is 0 Å². The van der Waals surface area contributed by atoms with Crippen LogP contribution in [0.4, 0.5) is 5.82 Å². The van der Waals surface area contributed by atoms with Crippen LogP contribution in [0.2, 0.25) is 0 Å². The lowest BCUT2D eigenvalue weighted by Gasteiger charge is -2.14. The van der Waals surface area contributed by atoms with Crippen LogP contribution in [-0.4, -0.2) is 38.0 Å². The second-order valence-corrected chi connectivity index (χ2v) is 6.11. The maximum Gasteiger partial charge on any atom is 0.241 e. The van der Waals surface area contributed by atoms with Gasteiger partial charge in [-0.25, -0.2) is 0 Å². The van der Waals surface area contributed by atoms with Gasteiger partial charge in [-0.2, -0.15) is 0 Å². The number of nitrogens with one attached hydrogen (secondary N) is 1. The van der Waals surface area contributed by atoms with Gasteiger partial charge in [-0.3, -0.25) is 14.5 Å². The molecule has 1 saturated heterocycles. The van der Waals surface area contributed by atoms with Gasteiger partial charge < -0.3 is 9.84 Å². The summed E-state index contributed by atoms with van der Waals surface area (Å²) in [5.74, 6) is 0.727. The summed E-state index contributed by atoms with van der Waals surface area (Å²) in [5.41, 5.74) is 0. The molecule has 0 bridgehead atoms. The van der Waals surface area contributed by atoms with Gasteiger partial charge in [0.2, 0.25) is 11.8 Å². The van der Waals surface area contributed by atoms with E-state index in [9.17, 15) is 9.59 Å². The topological polar surface area (TPSA) is 75.4 Å². The highest BCUT2D eigenvalue weighted by molar-refractivity contribution is 8.24. The molecule has 8 heteroatoms. The van der Waals surface area contributed by atoms with Crippen LogP contribution in [0.1, 0.15) is 19.1 Å². The number of hydrogen-bond acceptors (Lipinski definition) is 6. The van der Waals surface area contributed by atoms with Crippen molar-refractivity contribution >= 4 is 45.9 Å². The van der Waals surface area contributed by atoms with Gasteiger partial charge in [-0.1, -0.05) is 29.1 Å². The first-order valence-corrected chi connectivity index (χ1v) is 7.01. The van der Waals surface area contributed by atoms with E-state index in [0.29, 0.717) is 15.9 Å². The standard InChI is InChI=1S/C11H13N3O3S2/c1-6-5-8(13-17-6)12-9(15)3-4-14-10(16)7(2)19-11(14)18/h5,7H,3-4H2,1-2H3,(H,12,13,15)/t7-/m1/s1. The quantitative estimate of drug-likeness (QED) is 0.850. The number of anilines is 1. The Labute approximate surface area is 119 Å². The number of carbonyl (C=O) groups excluding carboxylic acids is 2. The Kier molecular flexibility index (Phi) is 4.20. The number of thiocarbonyl (C=S) groups is 1. The molecule has 1 aromatic rings. The molecule has 2 rings (SSSR count). The highest BCUT2D eigenvalue weighted by atomic mass is 32.2. The van der Waals surface area contributed by atoms with Crippen molar-refractivity contribution in [2.24, 2.45) is 0 Å². The molecule has 2 heterocycles. The van der Waals surface area contributed by atoms with E-state index < -0.39 is 0 Å². The molecule has 2 amide bonds. The summed E-state index contributed by atoms with van der Waals surface area (Å²) in [4.78, 5) is 24.9. The van der Waals surface area contributed by atoms with E-state index in [1.165, 1.54) is 16.7 Å². The first-order chi connectivity index (χ1) is 8.97. The molecule has 0 aliphatic carbocycles. The van der Waals surface area contributed by atoms with Gasteiger partial charge in [0, 0.05) is 19.0 Å². The predicted octanol–water partition coefficient (Wildman–Crippen LogP) is 1.56. The minimum absolute atomic E-state index is 0.0416. The van der Waals surface area contributed by atoms with Crippen molar-refractivity contribution in [1.82, 2.24) is 10.1 Å². The van der Waals surface area contributed by atoms with Crippen molar-refractivity contribution in [3.05, 3.63) is 11.8 Å². The molecule has 1 fully saturated rings. The van der Waals surface area contributed by atoms with E-state index >= 15 is 0 Å². The number of hydrogen-bond donors (Lipinski definition) is 1. The molecule has 102 valence electrons. The molecule has 1 aliphatic rings. The largest absolute Gasteiger partial charge is 0.360 e. The Hall–Kier alpha value is -1.41. The van der Waals surface area contributed by atoms with Crippen molar-refractivity contribution < 1.29 is 14.1 Å². The molecule has 1 N–H and O–H groups in total. The number of carbonyl (C=O) groups is 2. The Morgan fingerprint density at radius 3 is 2.95 bits per heavy atom. The third-order valence-electron chi connectivity index (χ3n) is 2.57. The fourth-order valence-corrected chi connectivity index (χ4v) is 3.07. The van der Waals surface area contributed by atoms with Crippen LogP contribution in [-0.2, 0) is 9.59 Å². The Bertz CT molecular complexity index is 529. The summed E-state index contributed by atoms with van der Waals surface area (Å²) < 4.78 is 5.37. The summed E-state index contributed by atoms with van der Waals surface area (Å²) in [5, 5.41) is 6.10. The second kappa shape index (κ2) is 5.70. The highest BCUT2D eigenvalue weighted by Crippen LogP contribution is 2.26. The van der Waals surface area contributed by atoms with E-state index in [1.54, 1.807) is 19.9 Å². The van der Waals surface area contributed by atoms with Crippen LogP contribution in [0, 0.1) is 6.92 Å². The van der Waals surface area contributed by atoms with E-state index in [1.807, 2.05) is 0 Å². The number of amides is 2. The highest BCUT2D eigenvalue weighted by Gasteiger charge is 2.33. The molecule has 0 spiro atoms. The summed E-state index contributed by atoms with van der Waals surface area (Å²) >= 11 is 6.43. The van der Waals surface area contributed by atoms with Crippen molar-refractivity contribution in [1.29, 1.82) is 0 Å². The van der Waals surface area contributed by atoms with Crippen LogP contribution in [0.25, 0.3) is 0 Å². The molecule has 0 aromatic carbocycles. The number of nitrogens with zero attached hydrogens (tertiary/aromatic N) is 2. The molecule has 0 unspecified atom stereocenters. The normalized spacial score (nSPS) is 19.1. The second-order valence-electron chi connectivity index (χ2n) is 4.14. The van der Waals surface area contributed by atoms with Crippen LogP contribution < -0.4 is 5.32 Å². The monoisotopic (exact) mass is 299 g/mol. The molecular formula is C11H13N3O3S2. The van der Waals surface area contributed by atoms with Crippen molar-refractivity contribution in [2.75, 3.05) is 11.9 Å². The van der Waals surface area contributed by atoms with Crippen LogP contribution in [0.3, 0.4) is 0 Å². The average molecular weight is 299 g/mol. The van der Waals surface area contributed by atoms with Gasteiger partial charge in [0.1, 0.15) is 10.1 Å². The lowest BCUT2D eigenvalue weighted by atomic mass is 10.3. The molecule has 1 aromatic heterocycles. The number of aromatic nitrogens is 1. The van der Waals surface area contributed by atoms with Crippen LogP contribution in [0.5, 0.6) is 0 Å². The maximum absolute atomic E-state index is 11.7. The SMILES string of the molecule is Cc1cc(NC(=O)CCN2C(=O)[C@@H](C)SC2=S)no1. The van der Waals surface area contributed by atoms with Gasteiger partial charge in [-0.05, 0) is 13.8 Å². The minimum Gasteiger partial charge on any atom is -0.360 e. The van der Waals surface area contributed by atoms with Crippen molar-refractivity contribution in [3.8, 4) is 0 Å². The average Bonchev–Trinajstić information content (AvgIpc) is 2.83. The Balaban J connectivity index is 1.84. The van der Waals surface area contributed by atoms with E-state index in [2.05, 4.69) is 10.5 Å². The van der Waals surface area contributed by atoms with Gasteiger partial charge in [0.25, 0.3) is 0 Å². The Morgan fingerprint density at radius 1 is 1.68 bits per heavy atom. The zero-order valence-corrected chi connectivity index (χ0v) is 12.1. The smallest absolute Gasteiger partial charge is 0.241 e. The summed E-state index contributed by atoms with van der Waals surface area (Å²) in [6.45, 7) is 3.83. The number of thioether (sulfide) groups is 1. The first-order valence-electron chi connectivity index (χ1n) is 5.72. The molecule has 0 radical (unpaired) electrons. The fraction of sp³-hybridized carbons (Fsp3) is 0.455. The maximum atomic E-state index is 11.7.